The average molecular weight is 316 g/mol. The first-order chi connectivity index (χ1) is 11.2. The van der Waals surface area contributed by atoms with E-state index in [2.05, 4.69) is 22.2 Å². The lowest BCUT2D eigenvalue weighted by molar-refractivity contribution is 0.0673. The van der Waals surface area contributed by atoms with E-state index in [1.54, 1.807) is 18.6 Å². The predicted molar refractivity (Wildman–Crippen MR) is 90.2 cm³/mol. The highest BCUT2D eigenvalue weighted by molar-refractivity contribution is 5.92. The molecule has 23 heavy (non-hydrogen) atoms. The molecular formula is C18H28N4O. The van der Waals surface area contributed by atoms with E-state index in [9.17, 15) is 4.79 Å². The number of hydrogen-bond acceptors (Lipinski definition) is 4. The van der Waals surface area contributed by atoms with Crippen molar-refractivity contribution in [1.29, 1.82) is 0 Å². The first-order valence-corrected chi connectivity index (χ1v) is 9.01. The smallest absolute Gasteiger partial charge is 0.274 e. The molecule has 3 rings (SSSR count). The molecule has 1 aromatic rings. The summed E-state index contributed by atoms with van der Waals surface area (Å²) in [6.07, 6.45) is 13.6. The molecule has 2 aliphatic rings. The van der Waals surface area contributed by atoms with Crippen LogP contribution in [0, 0.1) is 5.41 Å². The van der Waals surface area contributed by atoms with E-state index < -0.39 is 0 Å². The Morgan fingerprint density at radius 2 is 2.13 bits per heavy atom. The number of carbonyl (C=O) groups excluding carboxylic acids is 1. The summed E-state index contributed by atoms with van der Waals surface area (Å²) < 4.78 is 0. The van der Waals surface area contributed by atoms with Gasteiger partial charge in [0.2, 0.25) is 0 Å². The normalized spacial score (nSPS) is 21.0. The van der Waals surface area contributed by atoms with Crippen molar-refractivity contribution in [2.24, 2.45) is 5.41 Å². The molecule has 1 aromatic heterocycles. The topological polar surface area (TPSA) is 58.1 Å². The molecule has 1 saturated carbocycles. The lowest BCUT2D eigenvalue weighted by atomic mass is 9.66. The summed E-state index contributed by atoms with van der Waals surface area (Å²) in [5.41, 5.74) is 1.02. The fourth-order valence-corrected chi connectivity index (χ4v) is 3.94. The van der Waals surface area contributed by atoms with Gasteiger partial charge >= 0.3 is 0 Å². The summed E-state index contributed by atoms with van der Waals surface area (Å²) in [4.78, 5) is 22.4. The number of nitrogens with zero attached hydrogens (tertiary/aromatic N) is 3. The number of rotatable bonds is 6. The van der Waals surface area contributed by atoms with Gasteiger partial charge in [-0.25, -0.2) is 4.98 Å². The van der Waals surface area contributed by atoms with Crippen molar-refractivity contribution < 1.29 is 4.79 Å². The molecule has 1 amide bonds. The monoisotopic (exact) mass is 316 g/mol. The van der Waals surface area contributed by atoms with E-state index in [-0.39, 0.29) is 5.91 Å². The van der Waals surface area contributed by atoms with Crippen LogP contribution in [0.3, 0.4) is 0 Å². The summed E-state index contributed by atoms with van der Waals surface area (Å²) in [6.45, 7) is 5.07. The van der Waals surface area contributed by atoms with Gasteiger partial charge in [-0.3, -0.25) is 9.78 Å². The van der Waals surface area contributed by atoms with Crippen LogP contribution >= 0.6 is 0 Å². The SMILES string of the molecule is CCCC1(CNC2CCN(C(=O)c3cnccn3)CC2)CCC1. The Morgan fingerprint density at radius 3 is 2.70 bits per heavy atom. The molecule has 0 spiro atoms. The van der Waals surface area contributed by atoms with Crippen LogP contribution in [-0.2, 0) is 0 Å². The minimum atomic E-state index is 0.0120. The number of amides is 1. The largest absolute Gasteiger partial charge is 0.337 e. The Morgan fingerprint density at radius 1 is 1.35 bits per heavy atom. The van der Waals surface area contributed by atoms with Crippen molar-refractivity contribution in [2.45, 2.75) is 57.9 Å². The van der Waals surface area contributed by atoms with Crippen molar-refractivity contribution in [3.63, 3.8) is 0 Å². The molecule has 1 saturated heterocycles. The van der Waals surface area contributed by atoms with Crippen molar-refractivity contribution in [1.82, 2.24) is 20.2 Å². The standard InChI is InChI=1S/C18H28N4O/c1-2-6-18(7-3-8-18)14-21-15-4-11-22(12-5-15)17(23)16-13-19-9-10-20-16/h9-10,13,15,21H,2-8,11-12,14H2,1H3. The zero-order valence-electron chi connectivity index (χ0n) is 14.1. The molecule has 0 atom stereocenters. The van der Waals surface area contributed by atoms with Crippen molar-refractivity contribution in [3.05, 3.63) is 24.3 Å². The molecule has 0 radical (unpaired) electrons. The number of aromatic nitrogens is 2. The van der Waals surface area contributed by atoms with Crippen LogP contribution in [0.4, 0.5) is 0 Å². The second-order valence-corrected chi connectivity index (χ2v) is 7.14. The van der Waals surface area contributed by atoms with E-state index >= 15 is 0 Å². The first kappa shape index (κ1) is 16.4. The minimum absolute atomic E-state index is 0.0120. The van der Waals surface area contributed by atoms with Crippen LogP contribution in [0.1, 0.15) is 62.4 Å². The zero-order chi connectivity index (χ0) is 16.1. The molecule has 2 heterocycles. The van der Waals surface area contributed by atoms with Crippen molar-refractivity contribution >= 4 is 5.91 Å². The molecule has 1 aliphatic carbocycles. The van der Waals surface area contributed by atoms with Crippen molar-refractivity contribution in [3.8, 4) is 0 Å². The zero-order valence-corrected chi connectivity index (χ0v) is 14.1. The lowest BCUT2D eigenvalue weighted by Gasteiger charge is -2.44. The van der Waals surface area contributed by atoms with Gasteiger partial charge in [0.1, 0.15) is 5.69 Å². The second kappa shape index (κ2) is 7.39. The van der Waals surface area contributed by atoms with Gasteiger partial charge in [0.25, 0.3) is 5.91 Å². The third kappa shape index (κ3) is 3.89. The van der Waals surface area contributed by atoms with E-state index in [0.29, 0.717) is 17.2 Å². The highest BCUT2D eigenvalue weighted by Crippen LogP contribution is 2.44. The summed E-state index contributed by atoms with van der Waals surface area (Å²) in [5.74, 6) is 0.0120. The van der Waals surface area contributed by atoms with E-state index in [4.69, 9.17) is 0 Å². The average Bonchev–Trinajstić information content (AvgIpc) is 2.58. The van der Waals surface area contributed by atoms with Crippen LogP contribution in [0.25, 0.3) is 0 Å². The Hall–Kier alpha value is -1.49. The maximum absolute atomic E-state index is 12.4. The minimum Gasteiger partial charge on any atom is -0.337 e. The number of likely N-dealkylation sites (tertiary alicyclic amines) is 1. The van der Waals surface area contributed by atoms with Crippen LogP contribution in [-0.4, -0.2) is 46.5 Å². The van der Waals surface area contributed by atoms with Gasteiger partial charge in [-0.1, -0.05) is 19.8 Å². The Kier molecular flexibility index (Phi) is 5.26. The molecule has 2 fully saturated rings. The Balaban J connectivity index is 1.44. The summed E-state index contributed by atoms with van der Waals surface area (Å²) in [6, 6.07) is 0.551. The van der Waals surface area contributed by atoms with E-state index in [1.807, 2.05) is 4.90 Å². The molecule has 1 N–H and O–H groups in total. The number of carbonyl (C=O) groups is 1. The van der Waals surface area contributed by atoms with Gasteiger partial charge in [0, 0.05) is 38.1 Å². The fraction of sp³-hybridized carbons (Fsp3) is 0.722. The molecule has 0 unspecified atom stereocenters. The van der Waals surface area contributed by atoms with Gasteiger partial charge in [0.15, 0.2) is 0 Å². The van der Waals surface area contributed by atoms with Crippen LogP contribution in [0.2, 0.25) is 0 Å². The highest BCUT2D eigenvalue weighted by atomic mass is 16.2. The van der Waals surface area contributed by atoms with Crippen LogP contribution < -0.4 is 5.32 Å². The number of nitrogens with one attached hydrogen (secondary N) is 1. The Bertz CT molecular complexity index is 507. The van der Waals surface area contributed by atoms with Crippen molar-refractivity contribution in [2.75, 3.05) is 19.6 Å². The number of piperidine rings is 1. The Labute approximate surface area is 138 Å². The molecular weight excluding hydrogens is 288 g/mol. The number of hydrogen-bond donors (Lipinski definition) is 1. The fourth-order valence-electron chi connectivity index (χ4n) is 3.94. The van der Waals surface area contributed by atoms with Gasteiger partial charge in [-0.05, 0) is 37.5 Å². The molecule has 0 aromatic carbocycles. The molecule has 5 nitrogen and oxygen atoms in total. The third-order valence-electron chi connectivity index (χ3n) is 5.52. The summed E-state index contributed by atoms with van der Waals surface area (Å²) >= 11 is 0. The van der Waals surface area contributed by atoms with Crippen LogP contribution in [0.15, 0.2) is 18.6 Å². The third-order valence-corrected chi connectivity index (χ3v) is 5.52. The van der Waals surface area contributed by atoms with E-state index in [0.717, 1.165) is 32.5 Å². The second-order valence-electron chi connectivity index (χ2n) is 7.14. The molecule has 1 aliphatic heterocycles. The summed E-state index contributed by atoms with van der Waals surface area (Å²) in [7, 11) is 0. The quantitative estimate of drug-likeness (QED) is 0.876. The summed E-state index contributed by atoms with van der Waals surface area (Å²) in [5, 5.41) is 3.78. The molecule has 0 bridgehead atoms. The molecule has 5 heteroatoms. The first-order valence-electron chi connectivity index (χ1n) is 9.01. The molecule has 126 valence electrons. The maximum Gasteiger partial charge on any atom is 0.274 e. The highest BCUT2D eigenvalue weighted by Gasteiger charge is 2.36. The lowest BCUT2D eigenvalue weighted by Crippen LogP contribution is -2.49. The van der Waals surface area contributed by atoms with Gasteiger partial charge in [-0.2, -0.15) is 0 Å². The van der Waals surface area contributed by atoms with Gasteiger partial charge < -0.3 is 10.2 Å². The van der Waals surface area contributed by atoms with Crippen LogP contribution in [0.5, 0.6) is 0 Å². The van der Waals surface area contributed by atoms with Gasteiger partial charge in [-0.15, -0.1) is 0 Å². The predicted octanol–water partition coefficient (Wildman–Crippen LogP) is 2.64. The van der Waals surface area contributed by atoms with E-state index in [1.165, 1.54) is 32.1 Å². The maximum atomic E-state index is 12.4. The van der Waals surface area contributed by atoms with Gasteiger partial charge in [0.05, 0.1) is 6.20 Å².